The molecular weight excluding hydrogens is 220 g/mol. The first-order chi connectivity index (χ1) is 8.62. The van der Waals surface area contributed by atoms with Gasteiger partial charge in [-0.15, -0.1) is 11.8 Å². The van der Waals surface area contributed by atoms with Gasteiger partial charge in [-0.2, -0.15) is 0 Å². The summed E-state index contributed by atoms with van der Waals surface area (Å²) in [5, 5.41) is 3.51. The first kappa shape index (κ1) is 15.5. The molecule has 104 valence electrons. The second kappa shape index (κ2) is 7.81. The van der Waals surface area contributed by atoms with Crippen molar-refractivity contribution in [3.8, 4) is 11.8 Å². The van der Waals surface area contributed by atoms with Gasteiger partial charge in [-0.1, -0.05) is 12.8 Å². The van der Waals surface area contributed by atoms with Crippen molar-refractivity contribution in [2.45, 2.75) is 70.9 Å². The molecule has 1 aliphatic heterocycles. The van der Waals surface area contributed by atoms with Crippen LogP contribution in [0.3, 0.4) is 0 Å². The van der Waals surface area contributed by atoms with Gasteiger partial charge in [0.1, 0.15) is 0 Å². The number of nitrogens with zero attached hydrogens (tertiary/aromatic N) is 1. The van der Waals surface area contributed by atoms with Crippen molar-refractivity contribution < 1.29 is 0 Å². The highest BCUT2D eigenvalue weighted by molar-refractivity contribution is 4.99. The molecule has 2 heteroatoms. The molecule has 0 radical (unpaired) electrons. The van der Waals surface area contributed by atoms with Crippen LogP contribution in [0.5, 0.6) is 0 Å². The fourth-order valence-corrected chi connectivity index (χ4v) is 3.06. The molecule has 0 aromatic carbocycles. The largest absolute Gasteiger partial charge is 0.315 e. The molecule has 0 bridgehead atoms. The van der Waals surface area contributed by atoms with Crippen molar-refractivity contribution in [2.24, 2.45) is 0 Å². The monoisotopic (exact) mass is 250 g/mol. The van der Waals surface area contributed by atoms with E-state index in [1.165, 1.54) is 38.8 Å². The number of hydrogen-bond donors (Lipinski definition) is 1. The van der Waals surface area contributed by atoms with E-state index in [2.05, 4.69) is 43.0 Å². The zero-order valence-corrected chi connectivity index (χ0v) is 12.7. The molecule has 1 atom stereocenters. The van der Waals surface area contributed by atoms with Crippen LogP contribution in [0, 0.1) is 11.8 Å². The van der Waals surface area contributed by atoms with Gasteiger partial charge in [0.05, 0.1) is 0 Å². The molecular formula is C16H30N2. The van der Waals surface area contributed by atoms with Crippen LogP contribution in [0.15, 0.2) is 0 Å². The zero-order valence-electron chi connectivity index (χ0n) is 12.7. The average molecular weight is 250 g/mol. The lowest BCUT2D eigenvalue weighted by molar-refractivity contribution is 0.0837. The minimum Gasteiger partial charge on any atom is -0.315 e. The van der Waals surface area contributed by atoms with E-state index in [0.717, 1.165) is 12.8 Å². The fourth-order valence-electron chi connectivity index (χ4n) is 3.06. The van der Waals surface area contributed by atoms with Crippen molar-refractivity contribution in [3.05, 3.63) is 0 Å². The molecule has 1 heterocycles. The van der Waals surface area contributed by atoms with Crippen molar-refractivity contribution in [2.75, 3.05) is 20.1 Å². The Labute approximate surface area is 114 Å². The third kappa shape index (κ3) is 4.30. The number of hydrogen-bond acceptors (Lipinski definition) is 2. The Hall–Kier alpha value is -0.520. The first-order valence-electron chi connectivity index (χ1n) is 7.45. The quantitative estimate of drug-likeness (QED) is 0.755. The van der Waals surface area contributed by atoms with Crippen molar-refractivity contribution in [1.29, 1.82) is 0 Å². The maximum absolute atomic E-state index is 3.51. The molecule has 0 aromatic rings. The van der Waals surface area contributed by atoms with E-state index >= 15 is 0 Å². The van der Waals surface area contributed by atoms with Gasteiger partial charge in [-0.25, -0.2) is 0 Å². The van der Waals surface area contributed by atoms with Gasteiger partial charge in [-0.3, -0.25) is 4.90 Å². The van der Waals surface area contributed by atoms with Gasteiger partial charge < -0.3 is 5.32 Å². The first-order valence-corrected chi connectivity index (χ1v) is 7.45. The number of likely N-dealkylation sites (N-methyl/N-ethyl adjacent to an activating group) is 1. The van der Waals surface area contributed by atoms with Crippen molar-refractivity contribution in [1.82, 2.24) is 10.2 Å². The maximum Gasteiger partial charge on any atom is 0.0306 e. The third-order valence-corrected chi connectivity index (χ3v) is 4.36. The maximum atomic E-state index is 3.51. The summed E-state index contributed by atoms with van der Waals surface area (Å²) < 4.78 is 0. The molecule has 1 saturated heterocycles. The predicted octanol–water partition coefficient (Wildman–Crippen LogP) is 3.03. The molecule has 1 aliphatic rings. The molecule has 0 aromatic heterocycles. The molecule has 1 unspecified atom stereocenters. The summed E-state index contributed by atoms with van der Waals surface area (Å²) in [5.41, 5.74) is 0.231. The molecule has 0 aliphatic carbocycles. The van der Waals surface area contributed by atoms with Crippen LogP contribution in [-0.2, 0) is 0 Å². The highest BCUT2D eigenvalue weighted by Crippen LogP contribution is 2.25. The summed E-state index contributed by atoms with van der Waals surface area (Å²) in [6, 6.07) is 0.524. The van der Waals surface area contributed by atoms with E-state index in [-0.39, 0.29) is 5.54 Å². The lowest BCUT2D eigenvalue weighted by Gasteiger charge is -2.44. The molecule has 18 heavy (non-hydrogen) atoms. The van der Waals surface area contributed by atoms with Gasteiger partial charge in [0.15, 0.2) is 0 Å². The predicted molar refractivity (Wildman–Crippen MR) is 79.7 cm³/mol. The van der Waals surface area contributed by atoms with Gasteiger partial charge in [0.2, 0.25) is 0 Å². The molecule has 0 spiro atoms. The minimum atomic E-state index is 0.231. The van der Waals surface area contributed by atoms with Crippen molar-refractivity contribution in [3.63, 3.8) is 0 Å². The van der Waals surface area contributed by atoms with E-state index in [4.69, 9.17) is 0 Å². The summed E-state index contributed by atoms with van der Waals surface area (Å²) >= 11 is 0. The number of nitrogens with one attached hydrogen (secondary N) is 1. The molecule has 1 N–H and O–H groups in total. The van der Waals surface area contributed by atoms with E-state index in [0.29, 0.717) is 6.04 Å². The fraction of sp³-hybridized carbons (Fsp3) is 0.875. The lowest BCUT2D eigenvalue weighted by Crippen LogP contribution is -2.57. The van der Waals surface area contributed by atoms with Crippen molar-refractivity contribution >= 4 is 0 Å². The normalized spacial score (nSPS) is 19.8. The molecule has 2 nitrogen and oxygen atoms in total. The standard InChI is InChI=1S/C16H30N2/c1-5-6-9-12-15(17-4)16(2,3)18-13-10-7-8-11-14-18/h15,17H,7-14H2,1-4H3. The SMILES string of the molecule is CC#CCCC(NC)C(C)(C)N1CCCCCC1. The summed E-state index contributed by atoms with van der Waals surface area (Å²) in [4.78, 5) is 2.68. The van der Waals surface area contributed by atoms with E-state index < -0.39 is 0 Å². The van der Waals surface area contributed by atoms with Crippen LogP contribution in [0.1, 0.15) is 59.3 Å². The highest BCUT2D eigenvalue weighted by atomic mass is 15.2. The van der Waals surface area contributed by atoms with Crippen LogP contribution in [0.25, 0.3) is 0 Å². The number of rotatable bonds is 5. The summed E-state index contributed by atoms with van der Waals surface area (Å²) in [7, 11) is 2.09. The Kier molecular flexibility index (Phi) is 6.75. The van der Waals surface area contributed by atoms with Gasteiger partial charge in [0, 0.05) is 18.0 Å². The van der Waals surface area contributed by atoms with E-state index in [1.54, 1.807) is 0 Å². The average Bonchev–Trinajstić information content (AvgIpc) is 2.63. The van der Waals surface area contributed by atoms with Crippen LogP contribution >= 0.6 is 0 Å². The molecule has 1 fully saturated rings. The van der Waals surface area contributed by atoms with Gasteiger partial charge in [0.25, 0.3) is 0 Å². The van der Waals surface area contributed by atoms with E-state index in [9.17, 15) is 0 Å². The van der Waals surface area contributed by atoms with E-state index in [1.807, 2.05) is 6.92 Å². The Morgan fingerprint density at radius 2 is 1.78 bits per heavy atom. The van der Waals surface area contributed by atoms with Gasteiger partial charge >= 0.3 is 0 Å². The summed E-state index contributed by atoms with van der Waals surface area (Å²) in [5.74, 6) is 6.19. The zero-order chi connectivity index (χ0) is 13.4. The summed E-state index contributed by atoms with van der Waals surface area (Å²) in [6.07, 6.45) is 7.65. The number of likely N-dealkylation sites (tertiary alicyclic amines) is 1. The Bertz CT molecular complexity index is 277. The molecule has 0 amide bonds. The van der Waals surface area contributed by atoms with Gasteiger partial charge in [-0.05, 0) is 60.2 Å². The second-order valence-electron chi connectivity index (χ2n) is 5.86. The molecule has 0 saturated carbocycles. The Balaban J connectivity index is 2.62. The summed E-state index contributed by atoms with van der Waals surface area (Å²) in [6.45, 7) is 9.21. The smallest absolute Gasteiger partial charge is 0.0306 e. The Morgan fingerprint density at radius 3 is 2.28 bits per heavy atom. The second-order valence-corrected chi connectivity index (χ2v) is 5.86. The Morgan fingerprint density at radius 1 is 1.17 bits per heavy atom. The van der Waals surface area contributed by atoms with Crippen LogP contribution < -0.4 is 5.32 Å². The highest BCUT2D eigenvalue weighted by Gasteiger charge is 2.34. The lowest BCUT2D eigenvalue weighted by atomic mass is 9.88. The topological polar surface area (TPSA) is 15.3 Å². The van der Waals surface area contributed by atoms with Crippen LogP contribution in [0.2, 0.25) is 0 Å². The van der Waals surface area contributed by atoms with Crippen LogP contribution in [0.4, 0.5) is 0 Å². The minimum absolute atomic E-state index is 0.231. The molecule has 1 rings (SSSR count). The third-order valence-electron chi connectivity index (χ3n) is 4.36. The van der Waals surface area contributed by atoms with Crippen LogP contribution in [-0.4, -0.2) is 36.6 Å².